The zero-order valence-electron chi connectivity index (χ0n) is 8.81. The number of hydrogen-bond donors (Lipinski definition) is 1. The summed E-state index contributed by atoms with van der Waals surface area (Å²) in [5.74, 6) is -0.968. The molecule has 1 aromatic rings. The molecule has 1 aliphatic carbocycles. The molecule has 3 nitrogen and oxygen atoms in total. The number of hydrogen-bond acceptors (Lipinski definition) is 2. The normalized spacial score (nSPS) is 21.8. The van der Waals surface area contributed by atoms with E-state index >= 15 is 0 Å². The van der Waals surface area contributed by atoms with Crippen LogP contribution in [0.15, 0.2) is 18.3 Å². The quantitative estimate of drug-likeness (QED) is 0.805. The number of carbonyl (C=O) groups is 1. The summed E-state index contributed by atoms with van der Waals surface area (Å²) in [6.07, 6.45) is 4.80. The molecular formula is C12H15NO2. The predicted molar refractivity (Wildman–Crippen MR) is 56.7 cm³/mol. The molecule has 0 fully saturated rings. The van der Waals surface area contributed by atoms with Crippen LogP contribution in [-0.2, 0) is 11.2 Å². The predicted octanol–water partition coefficient (Wildman–Crippen LogP) is 2.22. The van der Waals surface area contributed by atoms with Crippen LogP contribution in [0.1, 0.15) is 36.9 Å². The topological polar surface area (TPSA) is 50.2 Å². The summed E-state index contributed by atoms with van der Waals surface area (Å²) in [6, 6.07) is 3.98. The van der Waals surface area contributed by atoms with Gasteiger partial charge in [0.15, 0.2) is 0 Å². The van der Waals surface area contributed by atoms with Gasteiger partial charge in [-0.2, -0.15) is 0 Å². The van der Waals surface area contributed by atoms with Crippen LogP contribution in [0.4, 0.5) is 0 Å². The van der Waals surface area contributed by atoms with Crippen molar-refractivity contribution < 1.29 is 9.90 Å². The van der Waals surface area contributed by atoms with E-state index in [0.29, 0.717) is 0 Å². The van der Waals surface area contributed by atoms with Crippen LogP contribution in [0.2, 0.25) is 0 Å². The molecule has 2 rings (SSSR count). The van der Waals surface area contributed by atoms with E-state index in [2.05, 4.69) is 11.1 Å². The number of carboxylic acids is 1. The average Bonchev–Trinajstić information content (AvgIpc) is 2.27. The van der Waals surface area contributed by atoms with Gasteiger partial charge in [0.2, 0.25) is 0 Å². The van der Waals surface area contributed by atoms with E-state index in [-0.39, 0.29) is 11.8 Å². The molecule has 0 aliphatic heterocycles. The molecule has 1 aliphatic rings. The average molecular weight is 205 g/mol. The molecule has 0 aromatic carbocycles. The summed E-state index contributed by atoms with van der Waals surface area (Å²) in [4.78, 5) is 15.3. The maximum atomic E-state index is 11.0. The molecule has 0 amide bonds. The van der Waals surface area contributed by atoms with E-state index in [1.807, 2.05) is 6.07 Å². The fourth-order valence-electron chi connectivity index (χ4n) is 2.30. The molecule has 0 spiro atoms. The molecule has 15 heavy (non-hydrogen) atoms. The second kappa shape index (κ2) is 4.01. The summed E-state index contributed by atoms with van der Waals surface area (Å²) in [5.41, 5.74) is 2.22. The summed E-state index contributed by atoms with van der Waals surface area (Å²) < 4.78 is 0. The maximum Gasteiger partial charge on any atom is 0.306 e. The number of aliphatic carboxylic acids is 1. The smallest absolute Gasteiger partial charge is 0.306 e. The highest BCUT2D eigenvalue weighted by atomic mass is 16.4. The molecular weight excluding hydrogens is 190 g/mol. The van der Waals surface area contributed by atoms with E-state index in [1.54, 1.807) is 13.1 Å². The number of nitrogens with zero attached hydrogens (tertiary/aromatic N) is 1. The van der Waals surface area contributed by atoms with E-state index in [9.17, 15) is 4.79 Å². The SMILES string of the molecule is CC(C(=O)O)C1CCCc2cccnc21. The van der Waals surface area contributed by atoms with Gasteiger partial charge in [0.1, 0.15) is 0 Å². The van der Waals surface area contributed by atoms with Gasteiger partial charge >= 0.3 is 5.97 Å². The van der Waals surface area contributed by atoms with Crippen molar-refractivity contribution in [2.24, 2.45) is 5.92 Å². The minimum atomic E-state index is -0.724. The molecule has 0 saturated carbocycles. The van der Waals surface area contributed by atoms with Gasteiger partial charge in [0.05, 0.1) is 5.92 Å². The Kier molecular flexibility index (Phi) is 2.71. The fourth-order valence-corrected chi connectivity index (χ4v) is 2.30. The van der Waals surface area contributed by atoms with Gasteiger partial charge < -0.3 is 5.11 Å². The number of pyridine rings is 1. The first-order valence-corrected chi connectivity index (χ1v) is 5.36. The van der Waals surface area contributed by atoms with Gasteiger partial charge in [-0.05, 0) is 30.9 Å². The number of fused-ring (bicyclic) bond motifs is 1. The molecule has 2 unspecified atom stereocenters. The summed E-state index contributed by atoms with van der Waals surface area (Å²) in [7, 11) is 0. The summed E-state index contributed by atoms with van der Waals surface area (Å²) in [5, 5.41) is 9.03. The van der Waals surface area contributed by atoms with Crippen molar-refractivity contribution in [3.8, 4) is 0 Å². The van der Waals surface area contributed by atoms with Crippen LogP contribution < -0.4 is 0 Å². The van der Waals surface area contributed by atoms with Crippen molar-refractivity contribution >= 4 is 5.97 Å². The Morgan fingerprint density at radius 1 is 1.67 bits per heavy atom. The largest absolute Gasteiger partial charge is 0.481 e. The van der Waals surface area contributed by atoms with Crippen LogP contribution in [0.3, 0.4) is 0 Å². The Morgan fingerprint density at radius 3 is 3.20 bits per heavy atom. The Labute approximate surface area is 89.2 Å². The Bertz CT molecular complexity index is 376. The zero-order valence-corrected chi connectivity index (χ0v) is 8.81. The summed E-state index contributed by atoms with van der Waals surface area (Å²) >= 11 is 0. The van der Waals surface area contributed by atoms with E-state index in [4.69, 9.17) is 5.11 Å². The Morgan fingerprint density at radius 2 is 2.47 bits per heavy atom. The van der Waals surface area contributed by atoms with Crippen LogP contribution in [-0.4, -0.2) is 16.1 Å². The van der Waals surface area contributed by atoms with Crippen molar-refractivity contribution in [2.45, 2.75) is 32.1 Å². The van der Waals surface area contributed by atoms with Crippen molar-refractivity contribution in [1.82, 2.24) is 4.98 Å². The third-order valence-corrected chi connectivity index (χ3v) is 3.23. The first-order chi connectivity index (χ1) is 7.20. The Balaban J connectivity index is 2.33. The van der Waals surface area contributed by atoms with Crippen LogP contribution in [0.5, 0.6) is 0 Å². The molecule has 0 radical (unpaired) electrons. The lowest BCUT2D eigenvalue weighted by Crippen LogP contribution is -2.23. The lowest BCUT2D eigenvalue weighted by molar-refractivity contribution is -0.142. The second-order valence-electron chi connectivity index (χ2n) is 4.17. The highest BCUT2D eigenvalue weighted by Crippen LogP contribution is 2.35. The minimum absolute atomic E-state index is 0.0902. The first-order valence-electron chi connectivity index (χ1n) is 5.36. The van der Waals surface area contributed by atoms with Gasteiger partial charge in [-0.25, -0.2) is 0 Å². The van der Waals surface area contributed by atoms with Crippen molar-refractivity contribution in [1.29, 1.82) is 0 Å². The minimum Gasteiger partial charge on any atom is -0.481 e. The van der Waals surface area contributed by atoms with Gasteiger partial charge in [-0.15, -0.1) is 0 Å². The maximum absolute atomic E-state index is 11.0. The third kappa shape index (κ3) is 1.87. The molecule has 3 heteroatoms. The number of aromatic nitrogens is 1. The number of carboxylic acid groups (broad SMARTS) is 1. The van der Waals surface area contributed by atoms with Crippen LogP contribution in [0.25, 0.3) is 0 Å². The Hall–Kier alpha value is -1.38. The van der Waals surface area contributed by atoms with Gasteiger partial charge in [-0.3, -0.25) is 9.78 Å². The van der Waals surface area contributed by atoms with Gasteiger partial charge in [0.25, 0.3) is 0 Å². The second-order valence-corrected chi connectivity index (χ2v) is 4.17. The van der Waals surface area contributed by atoms with Crippen molar-refractivity contribution in [3.63, 3.8) is 0 Å². The lowest BCUT2D eigenvalue weighted by atomic mass is 9.79. The first kappa shape index (κ1) is 10.1. The van der Waals surface area contributed by atoms with Gasteiger partial charge in [-0.1, -0.05) is 13.0 Å². The number of rotatable bonds is 2. The molecule has 0 bridgehead atoms. The highest BCUT2D eigenvalue weighted by Gasteiger charge is 2.30. The monoisotopic (exact) mass is 205 g/mol. The standard InChI is InChI=1S/C12H15NO2/c1-8(12(14)15)10-6-2-4-9-5-3-7-13-11(9)10/h3,5,7-8,10H,2,4,6H2,1H3,(H,14,15). The van der Waals surface area contributed by atoms with Crippen LogP contribution in [0, 0.1) is 5.92 Å². The third-order valence-electron chi connectivity index (χ3n) is 3.23. The molecule has 1 heterocycles. The van der Waals surface area contributed by atoms with Gasteiger partial charge in [0, 0.05) is 17.8 Å². The molecule has 80 valence electrons. The van der Waals surface area contributed by atoms with Crippen molar-refractivity contribution in [3.05, 3.63) is 29.6 Å². The van der Waals surface area contributed by atoms with Crippen LogP contribution >= 0.6 is 0 Å². The molecule has 0 saturated heterocycles. The lowest BCUT2D eigenvalue weighted by Gasteiger charge is -2.26. The van der Waals surface area contributed by atoms with E-state index < -0.39 is 5.97 Å². The molecule has 1 aromatic heterocycles. The van der Waals surface area contributed by atoms with Crippen molar-refractivity contribution in [2.75, 3.05) is 0 Å². The van der Waals surface area contributed by atoms with E-state index in [0.717, 1.165) is 25.0 Å². The molecule has 2 atom stereocenters. The number of aryl methyl sites for hydroxylation is 1. The zero-order chi connectivity index (χ0) is 10.8. The summed E-state index contributed by atoms with van der Waals surface area (Å²) in [6.45, 7) is 1.77. The highest BCUT2D eigenvalue weighted by molar-refractivity contribution is 5.71. The fraction of sp³-hybridized carbons (Fsp3) is 0.500. The van der Waals surface area contributed by atoms with E-state index in [1.165, 1.54) is 5.56 Å². The molecule has 1 N–H and O–H groups in total.